The predicted octanol–water partition coefficient (Wildman–Crippen LogP) is 1.54. The zero-order valence-electron chi connectivity index (χ0n) is 16.9. The number of hydrogen-bond donors (Lipinski definition) is 2. The van der Waals surface area contributed by atoms with Crippen molar-refractivity contribution in [1.82, 2.24) is 15.1 Å². The summed E-state index contributed by atoms with van der Waals surface area (Å²) < 4.78 is 0. The van der Waals surface area contributed by atoms with E-state index in [0.29, 0.717) is 31.1 Å². The van der Waals surface area contributed by atoms with Gasteiger partial charge in [0.25, 0.3) is 5.91 Å². The Bertz CT molecular complexity index is 803. The van der Waals surface area contributed by atoms with E-state index in [2.05, 4.69) is 16.3 Å². The van der Waals surface area contributed by atoms with E-state index in [1.165, 1.54) is 37.7 Å². The first-order chi connectivity index (χ1) is 14.1. The number of nitrogens with one attached hydrogen (secondary N) is 1. The van der Waals surface area contributed by atoms with Crippen LogP contribution in [0.3, 0.4) is 0 Å². The van der Waals surface area contributed by atoms with Crippen LogP contribution in [0.4, 0.5) is 0 Å². The summed E-state index contributed by atoms with van der Waals surface area (Å²) in [5, 5.41) is 2.35. The molecule has 1 unspecified atom stereocenters. The molecule has 2 aliphatic heterocycles. The molecule has 1 aliphatic carbocycles. The van der Waals surface area contributed by atoms with Crippen LogP contribution in [0.5, 0.6) is 0 Å². The van der Waals surface area contributed by atoms with E-state index >= 15 is 0 Å². The molecule has 0 aromatic heterocycles. The molecule has 3 N–H and O–H groups in total. The lowest BCUT2D eigenvalue weighted by Crippen LogP contribution is -2.52. The highest BCUT2D eigenvalue weighted by Crippen LogP contribution is 2.29. The molecular weight excluding hydrogens is 368 g/mol. The molecule has 2 fully saturated rings. The van der Waals surface area contributed by atoms with Gasteiger partial charge in [0.15, 0.2) is 0 Å². The maximum Gasteiger partial charge on any atom is 0.255 e. The van der Waals surface area contributed by atoms with Crippen molar-refractivity contribution >= 4 is 17.7 Å². The van der Waals surface area contributed by atoms with Crippen molar-refractivity contribution in [3.05, 3.63) is 34.9 Å². The van der Waals surface area contributed by atoms with Crippen molar-refractivity contribution < 1.29 is 14.4 Å². The Morgan fingerprint density at radius 1 is 1.10 bits per heavy atom. The van der Waals surface area contributed by atoms with Crippen LogP contribution < -0.4 is 11.1 Å². The zero-order valence-corrected chi connectivity index (χ0v) is 16.9. The summed E-state index contributed by atoms with van der Waals surface area (Å²) in [6.45, 7) is 2.78. The molecule has 1 atom stereocenters. The number of piperidine rings is 1. The van der Waals surface area contributed by atoms with Gasteiger partial charge in [0.05, 0.1) is 0 Å². The molecule has 1 saturated carbocycles. The standard InChI is InChI=1S/C22H30N4O3/c23-10-11-25(17-4-2-1-3-5-17)13-15-6-7-18-16(12-15)14-26(22(18)29)19-8-9-20(27)24-21(19)28/h6-7,12,17,19H,1-5,8-11,13-14,23H2,(H,24,27,28). The Labute approximate surface area is 171 Å². The van der Waals surface area contributed by atoms with Gasteiger partial charge in [-0.3, -0.25) is 24.6 Å². The summed E-state index contributed by atoms with van der Waals surface area (Å²) in [5.41, 5.74) is 8.68. The lowest BCUT2D eigenvalue weighted by atomic mass is 9.93. The van der Waals surface area contributed by atoms with Gasteiger partial charge in [-0.15, -0.1) is 0 Å². The average Bonchev–Trinajstić information content (AvgIpc) is 3.04. The second-order valence-electron chi connectivity index (χ2n) is 8.44. The van der Waals surface area contributed by atoms with Crippen LogP contribution >= 0.6 is 0 Å². The molecule has 4 rings (SSSR count). The Balaban J connectivity index is 1.48. The van der Waals surface area contributed by atoms with Crippen molar-refractivity contribution in [3.8, 4) is 0 Å². The minimum Gasteiger partial charge on any atom is -0.329 e. The molecule has 0 bridgehead atoms. The third-order valence-electron chi connectivity index (χ3n) is 6.48. The van der Waals surface area contributed by atoms with E-state index in [1.54, 1.807) is 4.90 Å². The van der Waals surface area contributed by atoms with Gasteiger partial charge in [0.2, 0.25) is 11.8 Å². The quantitative estimate of drug-likeness (QED) is 0.709. The zero-order chi connectivity index (χ0) is 20.4. The van der Waals surface area contributed by atoms with Crippen LogP contribution in [-0.4, -0.2) is 52.7 Å². The fraction of sp³-hybridized carbons (Fsp3) is 0.591. The van der Waals surface area contributed by atoms with Crippen molar-refractivity contribution in [2.75, 3.05) is 13.1 Å². The maximum absolute atomic E-state index is 12.8. The normalized spacial score (nSPS) is 22.9. The molecule has 29 heavy (non-hydrogen) atoms. The molecule has 156 valence electrons. The van der Waals surface area contributed by atoms with Gasteiger partial charge in [-0.1, -0.05) is 31.4 Å². The summed E-state index contributed by atoms with van der Waals surface area (Å²) in [6, 6.07) is 6.04. The molecule has 1 aromatic rings. The monoisotopic (exact) mass is 398 g/mol. The van der Waals surface area contributed by atoms with Crippen LogP contribution in [0.25, 0.3) is 0 Å². The number of rotatable bonds is 6. The second kappa shape index (κ2) is 8.63. The first-order valence-electron chi connectivity index (χ1n) is 10.8. The number of imide groups is 1. The van der Waals surface area contributed by atoms with Gasteiger partial charge >= 0.3 is 0 Å². The Hall–Kier alpha value is -2.25. The Morgan fingerprint density at radius 2 is 1.90 bits per heavy atom. The molecule has 1 saturated heterocycles. The third kappa shape index (κ3) is 4.21. The maximum atomic E-state index is 12.8. The number of amides is 3. The third-order valence-corrected chi connectivity index (χ3v) is 6.48. The van der Waals surface area contributed by atoms with Gasteiger partial charge in [0.1, 0.15) is 6.04 Å². The van der Waals surface area contributed by atoms with E-state index in [9.17, 15) is 14.4 Å². The minimum atomic E-state index is -0.563. The summed E-state index contributed by atoms with van der Waals surface area (Å²) in [6.07, 6.45) is 7.01. The highest BCUT2D eigenvalue weighted by atomic mass is 16.2. The SMILES string of the molecule is NCCN(Cc1ccc2c(c1)CN(C1CCC(=O)NC1=O)C2=O)C1CCCCC1. The van der Waals surface area contributed by atoms with Crippen LogP contribution in [0.1, 0.15) is 66.4 Å². The first kappa shape index (κ1) is 20.0. The van der Waals surface area contributed by atoms with Gasteiger partial charge in [0, 0.05) is 44.2 Å². The molecule has 1 aromatic carbocycles. The Kier molecular flexibility index (Phi) is 5.96. The van der Waals surface area contributed by atoms with E-state index in [4.69, 9.17) is 5.73 Å². The first-order valence-corrected chi connectivity index (χ1v) is 10.8. The van der Waals surface area contributed by atoms with Crippen molar-refractivity contribution in [1.29, 1.82) is 0 Å². The van der Waals surface area contributed by atoms with Crippen molar-refractivity contribution in [2.45, 2.75) is 70.1 Å². The number of benzene rings is 1. The number of nitrogens with two attached hydrogens (primary N) is 1. The van der Waals surface area contributed by atoms with E-state index in [-0.39, 0.29) is 24.1 Å². The number of carbonyl (C=O) groups is 3. The molecular formula is C22H30N4O3. The smallest absolute Gasteiger partial charge is 0.255 e. The van der Waals surface area contributed by atoms with E-state index < -0.39 is 6.04 Å². The van der Waals surface area contributed by atoms with E-state index in [0.717, 1.165) is 18.7 Å². The largest absolute Gasteiger partial charge is 0.329 e. The predicted molar refractivity (Wildman–Crippen MR) is 109 cm³/mol. The summed E-state index contributed by atoms with van der Waals surface area (Å²) >= 11 is 0. The Morgan fingerprint density at radius 3 is 2.62 bits per heavy atom. The van der Waals surface area contributed by atoms with Gasteiger partial charge in [-0.05, 0) is 36.5 Å². The van der Waals surface area contributed by atoms with Crippen molar-refractivity contribution in [2.24, 2.45) is 5.73 Å². The molecule has 0 radical (unpaired) electrons. The molecule has 0 spiro atoms. The number of carbonyl (C=O) groups excluding carboxylic acids is 3. The number of hydrogen-bond acceptors (Lipinski definition) is 5. The van der Waals surface area contributed by atoms with Crippen LogP contribution in [0.2, 0.25) is 0 Å². The molecule has 7 heteroatoms. The molecule has 7 nitrogen and oxygen atoms in total. The molecule has 2 heterocycles. The fourth-order valence-electron chi connectivity index (χ4n) is 4.96. The fourth-order valence-corrected chi connectivity index (χ4v) is 4.96. The number of fused-ring (bicyclic) bond motifs is 1. The minimum absolute atomic E-state index is 0.118. The van der Waals surface area contributed by atoms with Crippen molar-refractivity contribution in [3.63, 3.8) is 0 Å². The average molecular weight is 399 g/mol. The lowest BCUT2D eigenvalue weighted by molar-refractivity contribution is -0.136. The lowest BCUT2D eigenvalue weighted by Gasteiger charge is -2.34. The van der Waals surface area contributed by atoms with Gasteiger partial charge in [-0.25, -0.2) is 0 Å². The summed E-state index contributed by atoms with van der Waals surface area (Å²) in [4.78, 5) is 40.5. The topological polar surface area (TPSA) is 95.7 Å². The second-order valence-corrected chi connectivity index (χ2v) is 8.44. The van der Waals surface area contributed by atoms with Crippen LogP contribution in [0, 0.1) is 0 Å². The molecule has 3 amide bonds. The highest BCUT2D eigenvalue weighted by molar-refractivity contribution is 6.05. The summed E-state index contributed by atoms with van der Waals surface area (Å²) in [7, 11) is 0. The highest BCUT2D eigenvalue weighted by Gasteiger charge is 2.39. The van der Waals surface area contributed by atoms with Crippen LogP contribution in [-0.2, 0) is 22.7 Å². The summed E-state index contributed by atoms with van der Waals surface area (Å²) in [5.74, 6) is -0.749. The van der Waals surface area contributed by atoms with Gasteiger partial charge in [-0.2, -0.15) is 0 Å². The van der Waals surface area contributed by atoms with Gasteiger partial charge < -0.3 is 10.6 Å². The molecule has 3 aliphatic rings. The van der Waals surface area contributed by atoms with E-state index in [1.807, 2.05) is 12.1 Å². The number of nitrogens with zero attached hydrogens (tertiary/aromatic N) is 2. The van der Waals surface area contributed by atoms with Crippen LogP contribution in [0.15, 0.2) is 18.2 Å².